The topological polar surface area (TPSA) is 0 Å². The second-order valence-electron chi connectivity index (χ2n) is 5.54. The molecule has 0 bridgehead atoms. The van der Waals surface area contributed by atoms with Gasteiger partial charge in [-0.15, -0.1) is 0 Å². The Balaban J connectivity index is 0.000000443. The molecule has 0 atom stereocenters. The molecule has 2 aliphatic carbocycles. The van der Waals surface area contributed by atoms with Crippen LogP contribution in [0.5, 0.6) is 0 Å². The molecule has 0 aromatic heterocycles. The molecule has 1 heterocycles. The molecule has 0 saturated carbocycles. The molecule has 0 unspecified atom stereocenters. The van der Waals surface area contributed by atoms with Gasteiger partial charge in [-0.3, -0.25) is 0 Å². The van der Waals surface area contributed by atoms with E-state index in [2.05, 4.69) is 38.2 Å². The molecule has 0 radical (unpaired) electrons. The maximum absolute atomic E-state index is 2.40. The quantitative estimate of drug-likeness (QED) is 0.481. The van der Waals surface area contributed by atoms with E-state index in [1.165, 1.54) is 24.0 Å². The first-order valence-corrected chi connectivity index (χ1v) is 11.7. The maximum atomic E-state index is 2.40. The molecule has 20 heavy (non-hydrogen) atoms. The summed E-state index contributed by atoms with van der Waals surface area (Å²) in [4.78, 5) is 0. The van der Waals surface area contributed by atoms with Crippen LogP contribution in [0.3, 0.4) is 0 Å². The summed E-state index contributed by atoms with van der Waals surface area (Å²) in [6.07, 6.45) is 15.1. The fraction of sp³-hybridized carbons (Fsp3) is 0.500. The molecule has 4 heteroatoms. The molecule has 1 fully saturated rings. The van der Waals surface area contributed by atoms with Crippen LogP contribution in [0.15, 0.2) is 42.0 Å². The summed E-state index contributed by atoms with van der Waals surface area (Å²) in [6.45, 7) is 4.41. The van der Waals surface area contributed by atoms with E-state index in [9.17, 15) is 0 Å². The normalized spacial score (nSPS) is 19.3. The Hall–Kier alpha value is 0.640. The van der Waals surface area contributed by atoms with E-state index in [4.69, 9.17) is 0 Å². The van der Waals surface area contributed by atoms with Crippen LogP contribution in [0.4, 0.5) is 0 Å². The van der Waals surface area contributed by atoms with E-state index in [0.717, 1.165) is 0 Å². The van der Waals surface area contributed by atoms with E-state index >= 15 is 0 Å². The van der Waals surface area contributed by atoms with Gasteiger partial charge < -0.3 is 24.8 Å². The molecule has 110 valence electrons. The van der Waals surface area contributed by atoms with Crippen LogP contribution in [0, 0.1) is 0 Å². The van der Waals surface area contributed by atoms with Crippen LogP contribution in [0.25, 0.3) is 0 Å². The minimum Gasteiger partial charge on any atom is -1.00 e. The smallest absolute Gasteiger partial charge is 1.00 e. The van der Waals surface area contributed by atoms with Gasteiger partial charge in [-0.1, -0.05) is 24.9 Å². The molecular formula is C16H24Cl2SiZr. The zero-order valence-electron chi connectivity index (χ0n) is 12.5. The molecule has 0 N–H and O–H groups in total. The summed E-state index contributed by atoms with van der Waals surface area (Å²) in [5.74, 6) is 0. The van der Waals surface area contributed by atoms with E-state index < -0.39 is 0 Å². The monoisotopic (exact) mass is 404 g/mol. The minimum atomic E-state index is -0.364. The molecule has 0 aromatic carbocycles. The van der Waals surface area contributed by atoms with Crippen molar-refractivity contribution in [3.63, 3.8) is 0 Å². The van der Waals surface area contributed by atoms with Gasteiger partial charge in [0.15, 0.2) is 0 Å². The van der Waals surface area contributed by atoms with Gasteiger partial charge in [0.05, 0.1) is 0 Å². The zero-order valence-corrected chi connectivity index (χ0v) is 17.9. The van der Waals surface area contributed by atoms with E-state index in [-0.39, 0.29) is 48.0 Å². The van der Waals surface area contributed by atoms with Gasteiger partial charge in [0.1, 0.15) is 0 Å². The van der Waals surface area contributed by atoms with Crippen LogP contribution in [-0.2, 0) is 23.2 Å². The number of allylic oxidation sites excluding steroid dienone is 8. The predicted octanol–water partition coefficient (Wildman–Crippen LogP) is -1.67. The first-order chi connectivity index (χ1) is 8.74. The molecule has 0 spiro atoms. The predicted molar refractivity (Wildman–Crippen MR) is 80.3 cm³/mol. The molecule has 0 aromatic rings. The average Bonchev–Trinajstić information content (AvgIpc) is 3.04. The van der Waals surface area contributed by atoms with Crippen molar-refractivity contribution in [3.05, 3.63) is 42.0 Å². The molecular weight excluding hydrogens is 382 g/mol. The second kappa shape index (κ2) is 11.2. The Kier molecular flexibility index (Phi) is 11.6. The first kappa shape index (κ1) is 20.6. The summed E-state index contributed by atoms with van der Waals surface area (Å²) >= 11 is -0.364. The Labute approximate surface area is 150 Å². The largest absolute Gasteiger partial charge is 1.00 e. The van der Waals surface area contributed by atoms with Crippen LogP contribution >= 0.6 is 0 Å². The van der Waals surface area contributed by atoms with Crippen LogP contribution < -0.4 is 24.8 Å². The molecule has 0 amide bonds. The Morgan fingerprint density at radius 1 is 0.850 bits per heavy atom. The third-order valence-electron chi connectivity index (χ3n) is 3.66. The van der Waals surface area contributed by atoms with E-state index in [1.54, 1.807) is 31.5 Å². The van der Waals surface area contributed by atoms with Gasteiger partial charge in [0.2, 0.25) is 0 Å². The standard InChI is InChI=1S/2C6H7.C4H10Si.2ClH.Zr/c2*1-6-4-2-3-5-6;1-2-4-5-3-1;;;/h2*4-5H,2H2,1H3;1-5H2;2*1H;/q;;;;;+2/p-2. The first-order valence-electron chi connectivity index (χ1n) is 7.26. The van der Waals surface area contributed by atoms with Crippen molar-refractivity contribution in [2.45, 2.75) is 51.6 Å². The second-order valence-corrected chi connectivity index (χ2v) is 11.4. The number of rotatable bonds is 2. The molecule has 1 saturated heterocycles. The summed E-state index contributed by atoms with van der Waals surface area (Å²) in [5, 5.41) is 0. The summed E-state index contributed by atoms with van der Waals surface area (Å²) in [6, 6.07) is 3.28. The van der Waals surface area contributed by atoms with Crippen molar-refractivity contribution in [1.29, 1.82) is 0 Å². The van der Waals surface area contributed by atoms with Crippen LogP contribution in [0.2, 0.25) is 12.1 Å². The third kappa shape index (κ3) is 7.59. The Morgan fingerprint density at radius 2 is 1.30 bits per heavy atom. The number of halogens is 2. The SMILES string of the molecule is C1CC[SiH2]C1.CC1=CC[C]([Zr+2][C]2=CC(C)=CC2)=C1.[Cl-].[Cl-]. The van der Waals surface area contributed by atoms with E-state index in [0.29, 0.717) is 9.52 Å². The maximum Gasteiger partial charge on any atom is -1.00 e. The Bertz CT molecular complexity index is 377. The molecule has 1 aliphatic heterocycles. The third-order valence-corrected chi connectivity index (χ3v) is 8.95. The average molecular weight is 407 g/mol. The van der Waals surface area contributed by atoms with Crippen molar-refractivity contribution in [1.82, 2.24) is 0 Å². The van der Waals surface area contributed by atoms with Crippen molar-refractivity contribution in [2.24, 2.45) is 0 Å². The Morgan fingerprint density at radius 3 is 1.55 bits per heavy atom. The minimum absolute atomic E-state index is 0. The van der Waals surface area contributed by atoms with Gasteiger partial charge in [-0.25, -0.2) is 0 Å². The van der Waals surface area contributed by atoms with Gasteiger partial charge in [0.25, 0.3) is 0 Å². The molecule has 0 nitrogen and oxygen atoms in total. The van der Waals surface area contributed by atoms with Gasteiger partial charge in [-0.2, -0.15) is 0 Å². The van der Waals surface area contributed by atoms with Crippen molar-refractivity contribution >= 4 is 9.52 Å². The van der Waals surface area contributed by atoms with Crippen LogP contribution in [-0.4, -0.2) is 9.52 Å². The summed E-state index contributed by atoms with van der Waals surface area (Å²) in [7, 11) is 0.543. The van der Waals surface area contributed by atoms with Crippen molar-refractivity contribution < 1.29 is 48.0 Å². The fourth-order valence-corrected chi connectivity index (χ4v) is 7.85. The number of hydrogen-bond acceptors (Lipinski definition) is 0. The van der Waals surface area contributed by atoms with E-state index in [1.807, 2.05) is 0 Å². The zero-order chi connectivity index (χ0) is 12.8. The van der Waals surface area contributed by atoms with Gasteiger partial charge >= 0.3 is 91.9 Å². The summed E-state index contributed by atoms with van der Waals surface area (Å²) < 4.78 is 3.49. The van der Waals surface area contributed by atoms with Crippen molar-refractivity contribution in [3.8, 4) is 0 Å². The van der Waals surface area contributed by atoms with Crippen LogP contribution in [0.1, 0.15) is 39.5 Å². The van der Waals surface area contributed by atoms with Gasteiger partial charge in [0, 0.05) is 9.52 Å². The molecule has 3 aliphatic rings. The summed E-state index contributed by atoms with van der Waals surface area (Å²) in [5.41, 5.74) is 2.94. The molecule has 3 rings (SSSR count). The van der Waals surface area contributed by atoms with Crippen molar-refractivity contribution in [2.75, 3.05) is 0 Å². The number of hydrogen-bond donors (Lipinski definition) is 0. The fourth-order valence-electron chi connectivity index (χ4n) is 2.59. The van der Waals surface area contributed by atoms with Gasteiger partial charge in [-0.05, 0) is 0 Å².